The molecule has 1 amide bonds. The summed E-state index contributed by atoms with van der Waals surface area (Å²) in [7, 11) is 0. The maximum absolute atomic E-state index is 12.8. The fourth-order valence-electron chi connectivity index (χ4n) is 4.59. The minimum atomic E-state index is -1.29. The normalized spacial score (nSPS) is 11.8. The molecule has 19 nitrogen and oxygen atoms in total. The van der Waals surface area contributed by atoms with Crippen LogP contribution in [0.2, 0.25) is 0 Å². The topological polar surface area (TPSA) is 319 Å². The molecule has 0 radical (unpaired) electrons. The molecule has 0 aliphatic rings. The molecule has 0 bridgehead atoms. The third kappa shape index (κ3) is 7.01. The lowest BCUT2D eigenvalue weighted by Gasteiger charge is -2.17. The van der Waals surface area contributed by atoms with E-state index in [1.165, 1.54) is 48.8 Å². The third-order valence-electron chi connectivity index (χ3n) is 6.85. The van der Waals surface area contributed by atoms with Gasteiger partial charge in [-0.3, -0.25) is 14.8 Å². The highest BCUT2D eigenvalue weighted by molar-refractivity contribution is 6.03. The van der Waals surface area contributed by atoms with Crippen LogP contribution < -0.4 is 38.5 Å². The summed E-state index contributed by atoms with van der Waals surface area (Å²) in [5.74, 6) is 8.40. The molecule has 0 unspecified atom stereocenters. The van der Waals surface area contributed by atoms with E-state index in [9.17, 15) is 34.8 Å². The van der Waals surface area contributed by atoms with Crippen LogP contribution in [0.3, 0.4) is 0 Å². The van der Waals surface area contributed by atoms with Gasteiger partial charge in [0.15, 0.2) is 11.3 Å². The number of hydrogen-bond acceptors (Lipinski definition) is 16. The molecule has 0 saturated heterocycles. The first-order valence-electron chi connectivity index (χ1n) is 14.1. The number of nitrogens with two attached hydrogens (primary N) is 4. The highest BCUT2D eigenvalue weighted by atomic mass is 16.4. The van der Waals surface area contributed by atoms with Gasteiger partial charge in [0.05, 0.1) is 33.9 Å². The number of carboxylic acid groups (broad SMARTS) is 2. The zero-order valence-electron chi connectivity index (χ0n) is 25.4. The molecule has 19 heteroatoms. The summed E-state index contributed by atoms with van der Waals surface area (Å²) in [4.78, 5) is 56.7. The van der Waals surface area contributed by atoms with Crippen molar-refractivity contribution in [2.24, 2.45) is 23.2 Å². The van der Waals surface area contributed by atoms with Gasteiger partial charge in [0.1, 0.15) is 11.6 Å². The molecule has 0 saturated carbocycles. The molecule has 5 heterocycles. The van der Waals surface area contributed by atoms with Gasteiger partial charge in [-0.15, -0.1) is 0 Å². The van der Waals surface area contributed by atoms with Crippen LogP contribution in [0.1, 0.15) is 49.4 Å². The van der Waals surface area contributed by atoms with Crippen LogP contribution >= 0.6 is 0 Å². The maximum Gasteiger partial charge on any atom is 0.336 e. The van der Waals surface area contributed by atoms with Gasteiger partial charge in [-0.2, -0.15) is 9.97 Å². The van der Waals surface area contributed by atoms with Crippen LogP contribution in [0.15, 0.2) is 60.9 Å². The molecule has 0 fully saturated rings. The predicted octanol–water partition coefficient (Wildman–Crippen LogP) is 0.800. The Hall–Kier alpha value is -7.12. The first-order chi connectivity index (χ1) is 23.2. The van der Waals surface area contributed by atoms with E-state index in [-0.39, 0.29) is 73.2 Å². The van der Waals surface area contributed by atoms with E-state index in [4.69, 9.17) is 23.2 Å². The number of aromatic carboxylic acids is 2. The van der Waals surface area contributed by atoms with E-state index in [2.05, 4.69) is 30.2 Å². The second-order valence-electron chi connectivity index (χ2n) is 10.2. The molecule has 49 heavy (non-hydrogen) atoms. The molecular formula is C30H28N12O7. The lowest BCUT2D eigenvalue weighted by Crippen LogP contribution is -2.28. The van der Waals surface area contributed by atoms with Gasteiger partial charge in [0.25, 0.3) is 5.91 Å². The Morgan fingerprint density at radius 3 is 1.53 bits per heavy atom. The van der Waals surface area contributed by atoms with Crippen molar-refractivity contribution in [1.29, 1.82) is 0 Å². The number of nitrogens with zero attached hydrogens (tertiary/aromatic N) is 7. The highest BCUT2D eigenvalue weighted by Gasteiger charge is 2.18. The summed E-state index contributed by atoms with van der Waals surface area (Å²) in [5, 5.41) is 43.7. The molecule has 5 aromatic heterocycles. The number of anilines is 2. The SMILES string of the molecule is CCNC(=O)c1cc(/C(N)=C/N(N)c2ccc3c(C(=O)O)cc(O)nc3n2)nc(/C(N)=C/N(N)c2ccc3c(C(=O)O)cc(O)nc3n2)c1. The number of carbonyl (C=O) groups is 3. The van der Waals surface area contributed by atoms with Crippen LogP contribution in [0.25, 0.3) is 33.5 Å². The Balaban J connectivity index is 1.50. The number of rotatable bonds is 10. The molecule has 0 aliphatic heterocycles. The number of amides is 1. The van der Waals surface area contributed by atoms with Crippen molar-refractivity contribution in [3.05, 3.63) is 89.0 Å². The number of aromatic hydroxyl groups is 2. The Labute approximate surface area is 275 Å². The van der Waals surface area contributed by atoms with Crippen LogP contribution in [-0.4, -0.2) is 69.7 Å². The Morgan fingerprint density at radius 1 is 0.714 bits per heavy atom. The van der Waals surface area contributed by atoms with Gasteiger partial charge in [-0.25, -0.2) is 36.2 Å². The van der Waals surface area contributed by atoms with Crippen LogP contribution in [0.5, 0.6) is 11.8 Å². The average molecular weight is 669 g/mol. The first kappa shape index (κ1) is 33.2. The number of nitrogens with one attached hydrogen (secondary N) is 1. The van der Waals surface area contributed by atoms with E-state index in [0.29, 0.717) is 6.54 Å². The van der Waals surface area contributed by atoms with E-state index in [0.717, 1.165) is 22.2 Å². The molecule has 250 valence electrons. The van der Waals surface area contributed by atoms with Crippen LogP contribution in [0.4, 0.5) is 11.6 Å². The van der Waals surface area contributed by atoms with E-state index in [1.54, 1.807) is 6.92 Å². The molecule has 0 atom stereocenters. The Morgan fingerprint density at radius 2 is 1.14 bits per heavy atom. The summed E-state index contributed by atoms with van der Waals surface area (Å²) in [6, 6.07) is 10.5. The molecule has 0 aliphatic carbocycles. The van der Waals surface area contributed by atoms with Crippen molar-refractivity contribution in [3.63, 3.8) is 0 Å². The monoisotopic (exact) mass is 668 g/mol. The number of fused-ring (bicyclic) bond motifs is 2. The lowest BCUT2D eigenvalue weighted by atomic mass is 10.1. The zero-order valence-corrected chi connectivity index (χ0v) is 25.4. The fraction of sp³-hybridized carbons (Fsp3) is 0.0667. The molecule has 0 aromatic carbocycles. The van der Waals surface area contributed by atoms with Crippen molar-refractivity contribution in [2.45, 2.75) is 6.92 Å². The van der Waals surface area contributed by atoms with Gasteiger partial charge in [0.2, 0.25) is 11.8 Å². The molecule has 5 aromatic rings. The quantitative estimate of drug-likeness (QED) is 0.0733. The predicted molar refractivity (Wildman–Crippen MR) is 176 cm³/mol. The van der Waals surface area contributed by atoms with Crippen molar-refractivity contribution in [3.8, 4) is 11.8 Å². The summed E-state index contributed by atoms with van der Waals surface area (Å²) >= 11 is 0. The molecule has 0 spiro atoms. The first-order valence-corrected chi connectivity index (χ1v) is 14.1. The number of hydrogen-bond donors (Lipinski definition) is 9. The van der Waals surface area contributed by atoms with Crippen molar-refractivity contribution >= 4 is 62.9 Å². The number of carbonyl (C=O) groups excluding carboxylic acids is 1. The number of aromatic nitrogens is 5. The second kappa shape index (κ2) is 13.3. The van der Waals surface area contributed by atoms with Crippen molar-refractivity contribution in [1.82, 2.24) is 30.2 Å². The minimum absolute atomic E-state index is 0.0411. The standard InChI is InChI=1S/C30H28N12O7/c1-2-35-28(45)13-7-20(18(31)11-41(33)22-5-3-14-16(29(46)47)9-24(43)39-26(14)37-22)36-21(8-13)19(32)12-42(34)23-6-4-15-17(30(48)49)10-25(44)40-27(15)38-23/h3-12H,2,31-34H2,1H3,(H,35,45)(H,46,47)(H,48,49)(H,37,39,43)(H,38,40,44)/b18-11-,19-12-. The average Bonchev–Trinajstić information content (AvgIpc) is 3.06. The second-order valence-corrected chi connectivity index (χ2v) is 10.2. The number of hydrazine groups is 2. The van der Waals surface area contributed by atoms with Crippen molar-refractivity contribution < 1.29 is 34.8 Å². The van der Waals surface area contributed by atoms with E-state index >= 15 is 0 Å². The smallest absolute Gasteiger partial charge is 0.336 e. The summed E-state index contributed by atoms with van der Waals surface area (Å²) in [5.41, 5.74) is 12.3. The maximum atomic E-state index is 12.8. The lowest BCUT2D eigenvalue weighted by molar-refractivity contribution is 0.0687. The van der Waals surface area contributed by atoms with Gasteiger partial charge in [-0.1, -0.05) is 0 Å². The minimum Gasteiger partial charge on any atom is -0.493 e. The van der Waals surface area contributed by atoms with E-state index < -0.39 is 29.6 Å². The Bertz CT molecular complexity index is 2080. The molecule has 13 N–H and O–H groups in total. The zero-order chi connectivity index (χ0) is 35.6. The fourth-order valence-corrected chi connectivity index (χ4v) is 4.59. The summed E-state index contributed by atoms with van der Waals surface area (Å²) < 4.78 is 0. The summed E-state index contributed by atoms with van der Waals surface area (Å²) in [6.45, 7) is 2.05. The largest absolute Gasteiger partial charge is 0.493 e. The van der Waals surface area contributed by atoms with Gasteiger partial charge in [-0.05, 0) is 43.3 Å². The number of carboxylic acids is 2. The summed E-state index contributed by atoms with van der Waals surface area (Å²) in [6.07, 6.45) is 2.48. The van der Waals surface area contributed by atoms with Gasteiger partial charge in [0, 0.05) is 47.4 Å². The van der Waals surface area contributed by atoms with Crippen LogP contribution in [-0.2, 0) is 0 Å². The van der Waals surface area contributed by atoms with Crippen LogP contribution in [0, 0.1) is 0 Å². The molecular weight excluding hydrogens is 640 g/mol. The highest BCUT2D eigenvalue weighted by Crippen LogP contribution is 2.25. The number of pyridine rings is 5. The van der Waals surface area contributed by atoms with Crippen molar-refractivity contribution in [2.75, 3.05) is 16.6 Å². The molecule has 5 rings (SSSR count). The Kier molecular flexibility index (Phi) is 9.03. The van der Waals surface area contributed by atoms with Gasteiger partial charge < -0.3 is 37.2 Å². The van der Waals surface area contributed by atoms with Gasteiger partial charge >= 0.3 is 11.9 Å². The van der Waals surface area contributed by atoms with E-state index in [1.807, 2.05) is 0 Å². The third-order valence-corrected chi connectivity index (χ3v) is 6.85.